The zero-order chi connectivity index (χ0) is 18.1. The van der Waals surface area contributed by atoms with Gasteiger partial charge < -0.3 is 15.3 Å². The van der Waals surface area contributed by atoms with Gasteiger partial charge in [0.2, 0.25) is 11.8 Å². The Bertz CT molecular complexity index is 674. The molecule has 0 saturated carbocycles. The maximum absolute atomic E-state index is 12.7. The predicted molar refractivity (Wildman–Crippen MR) is 96.6 cm³/mol. The number of aliphatic hydroxyl groups excluding tert-OH is 1. The lowest BCUT2D eigenvalue weighted by Gasteiger charge is -2.31. The Balaban J connectivity index is 2.37. The third kappa shape index (κ3) is 5.16. The standard InChI is InChI=1S/C20H24N2O3/c1-2-18(24)22(15-16-9-5-3-6-10-16)19(20(25)21-13-14-23)17-11-7-4-8-12-17/h3-12,19,23H,2,13-15H2,1H3,(H,21,25)/t19-/m0/s1. The molecule has 2 N–H and O–H groups in total. The summed E-state index contributed by atoms with van der Waals surface area (Å²) in [6.45, 7) is 2.14. The first kappa shape index (κ1) is 18.7. The minimum Gasteiger partial charge on any atom is -0.395 e. The zero-order valence-electron chi connectivity index (χ0n) is 14.4. The average Bonchev–Trinajstić information content (AvgIpc) is 2.67. The van der Waals surface area contributed by atoms with Gasteiger partial charge in [-0.3, -0.25) is 9.59 Å². The number of nitrogens with zero attached hydrogens (tertiary/aromatic N) is 1. The molecule has 0 spiro atoms. The molecule has 0 aromatic heterocycles. The highest BCUT2D eigenvalue weighted by Crippen LogP contribution is 2.24. The summed E-state index contributed by atoms with van der Waals surface area (Å²) in [5.74, 6) is -0.394. The summed E-state index contributed by atoms with van der Waals surface area (Å²) in [6, 6.07) is 18.1. The van der Waals surface area contributed by atoms with E-state index in [1.807, 2.05) is 60.7 Å². The van der Waals surface area contributed by atoms with Crippen molar-refractivity contribution in [3.8, 4) is 0 Å². The molecule has 2 rings (SSSR count). The van der Waals surface area contributed by atoms with Crippen LogP contribution < -0.4 is 5.32 Å². The van der Waals surface area contributed by atoms with Crippen LogP contribution in [0.2, 0.25) is 0 Å². The predicted octanol–water partition coefficient (Wildman–Crippen LogP) is 2.28. The zero-order valence-corrected chi connectivity index (χ0v) is 14.4. The highest BCUT2D eigenvalue weighted by atomic mass is 16.3. The number of hydrogen-bond acceptors (Lipinski definition) is 3. The number of aliphatic hydroxyl groups is 1. The molecule has 2 aromatic rings. The van der Waals surface area contributed by atoms with Gasteiger partial charge in [-0.1, -0.05) is 67.6 Å². The second kappa shape index (κ2) is 9.59. The molecule has 0 unspecified atom stereocenters. The maximum atomic E-state index is 12.7. The summed E-state index contributed by atoms with van der Waals surface area (Å²) in [5.41, 5.74) is 1.70. The molecule has 0 fully saturated rings. The lowest BCUT2D eigenvalue weighted by atomic mass is 10.0. The summed E-state index contributed by atoms with van der Waals surface area (Å²) < 4.78 is 0. The summed E-state index contributed by atoms with van der Waals surface area (Å²) >= 11 is 0. The summed E-state index contributed by atoms with van der Waals surface area (Å²) in [5, 5.41) is 11.7. The molecule has 1 atom stereocenters. The van der Waals surface area contributed by atoms with Gasteiger partial charge in [-0.2, -0.15) is 0 Å². The van der Waals surface area contributed by atoms with Gasteiger partial charge in [0.1, 0.15) is 6.04 Å². The van der Waals surface area contributed by atoms with E-state index in [0.717, 1.165) is 11.1 Å². The third-order valence-corrected chi connectivity index (χ3v) is 3.90. The topological polar surface area (TPSA) is 69.6 Å². The number of carbonyl (C=O) groups excluding carboxylic acids is 2. The Morgan fingerprint density at radius 3 is 2.20 bits per heavy atom. The van der Waals surface area contributed by atoms with Crippen molar-refractivity contribution in [1.29, 1.82) is 0 Å². The van der Waals surface area contributed by atoms with E-state index in [-0.39, 0.29) is 25.0 Å². The lowest BCUT2D eigenvalue weighted by Crippen LogP contribution is -2.43. The van der Waals surface area contributed by atoms with Crippen LogP contribution in [0.1, 0.15) is 30.5 Å². The number of carbonyl (C=O) groups is 2. The van der Waals surface area contributed by atoms with Crippen LogP contribution in [-0.4, -0.2) is 35.0 Å². The Morgan fingerprint density at radius 2 is 1.64 bits per heavy atom. The molecule has 132 valence electrons. The van der Waals surface area contributed by atoms with Gasteiger partial charge in [-0.25, -0.2) is 0 Å². The smallest absolute Gasteiger partial charge is 0.247 e. The Morgan fingerprint density at radius 1 is 1.04 bits per heavy atom. The normalized spacial score (nSPS) is 11.6. The molecule has 5 heteroatoms. The minimum absolute atomic E-state index is 0.100. The Kier molecular flexibility index (Phi) is 7.16. The van der Waals surface area contributed by atoms with E-state index in [1.165, 1.54) is 0 Å². The highest BCUT2D eigenvalue weighted by Gasteiger charge is 2.30. The van der Waals surface area contributed by atoms with Gasteiger partial charge in [0, 0.05) is 19.5 Å². The fourth-order valence-corrected chi connectivity index (χ4v) is 2.69. The van der Waals surface area contributed by atoms with Crippen LogP contribution in [0.25, 0.3) is 0 Å². The average molecular weight is 340 g/mol. The van der Waals surface area contributed by atoms with Gasteiger partial charge in [0.25, 0.3) is 0 Å². The summed E-state index contributed by atoms with van der Waals surface area (Å²) in [4.78, 5) is 26.9. The van der Waals surface area contributed by atoms with Crippen LogP contribution >= 0.6 is 0 Å². The van der Waals surface area contributed by atoms with E-state index in [4.69, 9.17) is 5.11 Å². The fraction of sp³-hybridized carbons (Fsp3) is 0.300. The maximum Gasteiger partial charge on any atom is 0.247 e. The van der Waals surface area contributed by atoms with Crippen molar-refractivity contribution in [1.82, 2.24) is 10.2 Å². The number of hydrogen-bond donors (Lipinski definition) is 2. The van der Waals surface area contributed by atoms with Gasteiger partial charge in [0.05, 0.1) is 6.61 Å². The van der Waals surface area contributed by atoms with Crippen LogP contribution in [0.4, 0.5) is 0 Å². The molecule has 0 aliphatic rings. The van der Waals surface area contributed by atoms with Gasteiger partial charge >= 0.3 is 0 Å². The van der Waals surface area contributed by atoms with Crippen molar-refractivity contribution in [2.24, 2.45) is 0 Å². The minimum atomic E-state index is -0.736. The Labute approximate surface area is 148 Å². The van der Waals surface area contributed by atoms with E-state index < -0.39 is 6.04 Å². The summed E-state index contributed by atoms with van der Waals surface area (Å²) in [6.07, 6.45) is 0.309. The van der Waals surface area contributed by atoms with Gasteiger partial charge in [-0.05, 0) is 11.1 Å². The van der Waals surface area contributed by atoms with Crippen LogP contribution in [0.15, 0.2) is 60.7 Å². The van der Waals surface area contributed by atoms with Crippen molar-refractivity contribution < 1.29 is 14.7 Å². The largest absolute Gasteiger partial charge is 0.395 e. The fourth-order valence-electron chi connectivity index (χ4n) is 2.69. The molecule has 0 bridgehead atoms. The first-order chi connectivity index (χ1) is 12.2. The first-order valence-electron chi connectivity index (χ1n) is 8.44. The molecule has 0 heterocycles. The molecule has 0 radical (unpaired) electrons. The highest BCUT2D eigenvalue weighted by molar-refractivity contribution is 5.88. The monoisotopic (exact) mass is 340 g/mol. The second-order valence-electron chi connectivity index (χ2n) is 5.69. The van der Waals surface area contributed by atoms with Crippen molar-refractivity contribution in [3.63, 3.8) is 0 Å². The quantitative estimate of drug-likeness (QED) is 0.774. The van der Waals surface area contributed by atoms with E-state index in [9.17, 15) is 9.59 Å². The van der Waals surface area contributed by atoms with Crippen molar-refractivity contribution in [2.75, 3.05) is 13.2 Å². The van der Waals surface area contributed by atoms with Crippen LogP contribution in [0, 0.1) is 0 Å². The lowest BCUT2D eigenvalue weighted by molar-refractivity contribution is -0.141. The number of rotatable bonds is 8. The van der Waals surface area contributed by atoms with Gasteiger partial charge in [-0.15, -0.1) is 0 Å². The second-order valence-corrected chi connectivity index (χ2v) is 5.69. The third-order valence-electron chi connectivity index (χ3n) is 3.90. The summed E-state index contributed by atoms with van der Waals surface area (Å²) in [7, 11) is 0. The SMILES string of the molecule is CCC(=O)N(Cc1ccccc1)[C@H](C(=O)NCCO)c1ccccc1. The van der Waals surface area contributed by atoms with Crippen LogP contribution in [-0.2, 0) is 16.1 Å². The number of nitrogens with one attached hydrogen (secondary N) is 1. The first-order valence-corrected chi connectivity index (χ1v) is 8.44. The molecule has 2 amide bonds. The van der Waals surface area contributed by atoms with E-state index in [0.29, 0.717) is 13.0 Å². The Hall–Kier alpha value is -2.66. The van der Waals surface area contributed by atoms with Crippen molar-refractivity contribution in [3.05, 3.63) is 71.8 Å². The van der Waals surface area contributed by atoms with Crippen molar-refractivity contribution in [2.45, 2.75) is 25.9 Å². The molecule has 5 nitrogen and oxygen atoms in total. The molecule has 2 aromatic carbocycles. The molecule has 0 aliphatic heterocycles. The molecule has 25 heavy (non-hydrogen) atoms. The van der Waals surface area contributed by atoms with E-state index >= 15 is 0 Å². The van der Waals surface area contributed by atoms with Gasteiger partial charge in [0.15, 0.2) is 0 Å². The molecular weight excluding hydrogens is 316 g/mol. The van der Waals surface area contributed by atoms with E-state index in [2.05, 4.69) is 5.32 Å². The molecule has 0 saturated heterocycles. The molecular formula is C20H24N2O3. The number of amides is 2. The van der Waals surface area contributed by atoms with Crippen LogP contribution in [0.3, 0.4) is 0 Å². The number of benzene rings is 2. The molecule has 0 aliphatic carbocycles. The van der Waals surface area contributed by atoms with Crippen LogP contribution in [0.5, 0.6) is 0 Å². The van der Waals surface area contributed by atoms with E-state index in [1.54, 1.807) is 11.8 Å². The van der Waals surface area contributed by atoms with Crippen molar-refractivity contribution >= 4 is 11.8 Å².